The summed E-state index contributed by atoms with van der Waals surface area (Å²) in [5.74, 6) is 6.80. The van der Waals surface area contributed by atoms with Crippen LogP contribution in [0, 0.1) is 6.92 Å². The standard InChI is InChI=1S/C16H13N5S/c1-10-6-8-11(9-7-10)14-18-13-5-3-2-4-12(13)15-20(17)16(22)19-21(14)15/h2-9H,17H2,1H3. The van der Waals surface area contributed by atoms with Crippen molar-refractivity contribution in [1.82, 2.24) is 14.6 Å². The zero-order chi connectivity index (χ0) is 15.3. The SMILES string of the molecule is Cc1ccc(-c2nc3ccccc3c3n2nc([S-])[n+]3N)cc1. The molecule has 0 spiro atoms. The number of nitrogen functional groups attached to an aromatic ring is 1. The van der Waals surface area contributed by atoms with Gasteiger partial charge in [0.25, 0.3) is 5.65 Å². The highest BCUT2D eigenvalue weighted by molar-refractivity contribution is 7.58. The summed E-state index contributed by atoms with van der Waals surface area (Å²) >= 11 is 5.23. The fourth-order valence-corrected chi connectivity index (χ4v) is 2.74. The molecule has 0 bridgehead atoms. The number of hydrogen-bond acceptors (Lipinski definition) is 4. The first-order valence-corrected chi connectivity index (χ1v) is 7.28. The van der Waals surface area contributed by atoms with E-state index in [1.807, 2.05) is 48.5 Å². The zero-order valence-corrected chi connectivity index (χ0v) is 12.7. The molecule has 5 nitrogen and oxygen atoms in total. The summed E-state index contributed by atoms with van der Waals surface area (Å²) in [6, 6.07) is 16.0. The molecule has 22 heavy (non-hydrogen) atoms. The fourth-order valence-electron chi connectivity index (χ4n) is 2.58. The summed E-state index contributed by atoms with van der Waals surface area (Å²) in [7, 11) is 0. The van der Waals surface area contributed by atoms with Crippen molar-refractivity contribution in [2.24, 2.45) is 0 Å². The van der Waals surface area contributed by atoms with Gasteiger partial charge in [-0.15, -0.1) is 0 Å². The number of para-hydroxylation sites is 1. The highest BCUT2D eigenvalue weighted by Crippen LogP contribution is 2.23. The topological polar surface area (TPSA) is 60.1 Å². The molecule has 4 rings (SSSR count). The second-order valence-corrected chi connectivity index (χ2v) is 5.57. The van der Waals surface area contributed by atoms with Gasteiger partial charge in [0.1, 0.15) is 0 Å². The van der Waals surface area contributed by atoms with Crippen LogP contribution in [0.2, 0.25) is 0 Å². The number of aryl methyl sites for hydroxylation is 1. The molecule has 0 fully saturated rings. The van der Waals surface area contributed by atoms with Crippen LogP contribution in [0.4, 0.5) is 0 Å². The molecule has 0 aliphatic heterocycles. The zero-order valence-electron chi connectivity index (χ0n) is 11.9. The maximum atomic E-state index is 6.08. The molecule has 2 N–H and O–H groups in total. The van der Waals surface area contributed by atoms with E-state index in [-0.39, 0.29) is 0 Å². The van der Waals surface area contributed by atoms with E-state index in [2.05, 4.69) is 12.0 Å². The van der Waals surface area contributed by atoms with Crippen LogP contribution >= 0.6 is 0 Å². The molecule has 4 aromatic rings. The van der Waals surface area contributed by atoms with Crippen molar-refractivity contribution >= 4 is 29.2 Å². The second kappa shape index (κ2) is 4.64. The Hall–Kier alpha value is -2.73. The first-order valence-electron chi connectivity index (χ1n) is 6.88. The van der Waals surface area contributed by atoms with Crippen molar-refractivity contribution in [3.63, 3.8) is 0 Å². The molecule has 0 saturated carbocycles. The molecule has 0 amide bonds. The average Bonchev–Trinajstić information content (AvgIpc) is 2.83. The van der Waals surface area contributed by atoms with Gasteiger partial charge in [-0.05, 0) is 31.2 Å². The van der Waals surface area contributed by atoms with Crippen molar-refractivity contribution in [2.45, 2.75) is 12.1 Å². The van der Waals surface area contributed by atoms with Crippen LogP contribution in [0.15, 0.2) is 53.7 Å². The average molecular weight is 307 g/mol. The number of nitrogens with two attached hydrogens (primary N) is 1. The Morgan fingerprint density at radius 3 is 2.59 bits per heavy atom. The van der Waals surface area contributed by atoms with Crippen molar-refractivity contribution in [1.29, 1.82) is 0 Å². The molecule has 108 valence electrons. The third-order valence-electron chi connectivity index (χ3n) is 3.70. The maximum absolute atomic E-state index is 6.08. The molecular formula is C16H13N5S. The second-order valence-electron chi connectivity index (χ2n) is 5.21. The Morgan fingerprint density at radius 2 is 1.82 bits per heavy atom. The van der Waals surface area contributed by atoms with Crippen LogP contribution < -0.4 is 10.5 Å². The first-order chi connectivity index (χ1) is 10.6. The van der Waals surface area contributed by atoms with Gasteiger partial charge in [0.05, 0.1) is 10.9 Å². The quantitative estimate of drug-likeness (QED) is 0.331. The van der Waals surface area contributed by atoms with Gasteiger partial charge >= 0.3 is 0 Å². The van der Waals surface area contributed by atoms with E-state index < -0.39 is 0 Å². The van der Waals surface area contributed by atoms with Crippen molar-refractivity contribution < 1.29 is 4.68 Å². The third kappa shape index (κ3) is 1.81. The summed E-state index contributed by atoms with van der Waals surface area (Å²) < 4.78 is 3.15. The number of nitrogens with zero attached hydrogens (tertiary/aromatic N) is 4. The van der Waals surface area contributed by atoms with Gasteiger partial charge < -0.3 is 12.6 Å². The minimum Gasteiger partial charge on any atom is -0.701 e. The van der Waals surface area contributed by atoms with E-state index >= 15 is 0 Å². The van der Waals surface area contributed by atoms with E-state index in [9.17, 15) is 0 Å². The van der Waals surface area contributed by atoms with Gasteiger partial charge in [-0.1, -0.05) is 34.3 Å². The van der Waals surface area contributed by atoms with Gasteiger partial charge in [-0.3, -0.25) is 5.84 Å². The van der Waals surface area contributed by atoms with Crippen molar-refractivity contribution in [3.8, 4) is 11.4 Å². The largest absolute Gasteiger partial charge is 0.701 e. The minimum atomic E-state index is 0.325. The Bertz CT molecular complexity index is 1000. The highest BCUT2D eigenvalue weighted by atomic mass is 32.1. The smallest absolute Gasteiger partial charge is 0.297 e. The van der Waals surface area contributed by atoms with Gasteiger partial charge in [-0.25, -0.2) is 4.98 Å². The molecular weight excluding hydrogens is 294 g/mol. The van der Waals surface area contributed by atoms with Crippen LogP contribution in [0.5, 0.6) is 0 Å². The van der Waals surface area contributed by atoms with E-state index in [0.29, 0.717) is 5.16 Å². The number of hydrogen-bond donors (Lipinski definition) is 1. The van der Waals surface area contributed by atoms with Gasteiger partial charge in [0, 0.05) is 10.7 Å². The molecule has 0 radical (unpaired) electrons. The summed E-state index contributed by atoms with van der Waals surface area (Å²) in [5, 5.41) is 5.61. The van der Waals surface area contributed by atoms with E-state index in [1.165, 1.54) is 10.2 Å². The first kappa shape index (κ1) is 13.0. The fraction of sp³-hybridized carbons (Fsp3) is 0.0625. The van der Waals surface area contributed by atoms with E-state index in [1.54, 1.807) is 4.52 Å². The van der Waals surface area contributed by atoms with Gasteiger partial charge in [0.2, 0.25) is 5.82 Å². The molecule has 0 aliphatic carbocycles. The Morgan fingerprint density at radius 1 is 1.09 bits per heavy atom. The van der Waals surface area contributed by atoms with E-state index in [4.69, 9.17) is 23.5 Å². The molecule has 0 saturated heterocycles. The Kier molecular flexibility index (Phi) is 2.74. The summed E-state index contributed by atoms with van der Waals surface area (Å²) in [6.45, 7) is 2.05. The summed E-state index contributed by atoms with van der Waals surface area (Å²) in [4.78, 5) is 4.74. The lowest BCUT2D eigenvalue weighted by Gasteiger charge is -2.03. The Balaban J connectivity index is 2.17. The number of rotatable bonds is 1. The predicted molar refractivity (Wildman–Crippen MR) is 86.6 cm³/mol. The minimum absolute atomic E-state index is 0.325. The normalized spacial score (nSPS) is 11.3. The number of fused-ring (bicyclic) bond motifs is 3. The highest BCUT2D eigenvalue weighted by Gasteiger charge is 2.21. The molecule has 0 atom stereocenters. The summed E-state index contributed by atoms with van der Waals surface area (Å²) in [6.07, 6.45) is 0. The lowest BCUT2D eigenvalue weighted by atomic mass is 10.1. The molecule has 2 heterocycles. The van der Waals surface area contributed by atoms with Gasteiger partial charge in [0.15, 0.2) is 5.16 Å². The molecule has 0 unspecified atom stereocenters. The van der Waals surface area contributed by atoms with Crippen molar-refractivity contribution in [2.75, 3.05) is 5.84 Å². The third-order valence-corrected chi connectivity index (χ3v) is 3.98. The van der Waals surface area contributed by atoms with Crippen LogP contribution in [0.1, 0.15) is 5.56 Å². The van der Waals surface area contributed by atoms with Crippen LogP contribution in [-0.4, -0.2) is 14.6 Å². The number of benzene rings is 2. The Labute approximate surface area is 132 Å². The molecule has 6 heteroatoms. The number of aromatic nitrogens is 4. The predicted octanol–water partition coefficient (Wildman–Crippen LogP) is 1.77. The van der Waals surface area contributed by atoms with Gasteiger partial charge in [-0.2, -0.15) is 4.68 Å². The van der Waals surface area contributed by atoms with Crippen molar-refractivity contribution in [3.05, 3.63) is 54.1 Å². The molecule has 0 aliphatic rings. The summed E-state index contributed by atoms with van der Waals surface area (Å²) in [5.41, 5.74) is 3.77. The van der Waals surface area contributed by atoms with Crippen LogP contribution in [0.25, 0.3) is 27.9 Å². The van der Waals surface area contributed by atoms with E-state index in [0.717, 1.165) is 27.9 Å². The van der Waals surface area contributed by atoms with Crippen LogP contribution in [0.3, 0.4) is 0 Å². The lowest BCUT2D eigenvalue weighted by molar-refractivity contribution is -0.651. The maximum Gasteiger partial charge on any atom is 0.297 e. The lowest BCUT2D eigenvalue weighted by Crippen LogP contribution is -2.46. The van der Waals surface area contributed by atoms with Crippen LogP contribution in [-0.2, 0) is 12.6 Å². The molecule has 2 aromatic heterocycles. The monoisotopic (exact) mass is 307 g/mol. The molecule has 2 aromatic carbocycles.